The molecule has 1 aromatic carbocycles. The van der Waals surface area contributed by atoms with Crippen LogP contribution in [0.3, 0.4) is 0 Å². The van der Waals surface area contributed by atoms with Gasteiger partial charge in [0, 0.05) is 11.8 Å². The van der Waals surface area contributed by atoms with Gasteiger partial charge < -0.3 is 0 Å². The average Bonchev–Trinajstić information content (AvgIpc) is 2.37. The molecule has 2 rings (SSSR count). The molecule has 3 nitrogen and oxygen atoms in total. The maximum atomic E-state index is 13.6. The Morgan fingerprint density at radius 2 is 2.00 bits per heavy atom. The molecule has 1 aromatic heterocycles. The van der Waals surface area contributed by atoms with Crippen LogP contribution in [0.5, 0.6) is 0 Å². The normalized spacial score (nSPS) is 12.4. The molecule has 0 spiro atoms. The highest BCUT2D eigenvalue weighted by Gasteiger charge is 2.17. The summed E-state index contributed by atoms with van der Waals surface area (Å²) >= 11 is 5.60. The summed E-state index contributed by atoms with van der Waals surface area (Å²) in [5.41, 5.74) is 3.21. The fourth-order valence-corrected chi connectivity index (χ4v) is 1.80. The van der Waals surface area contributed by atoms with Crippen LogP contribution in [0.2, 0.25) is 5.02 Å². The molecule has 0 aliphatic heterocycles. The van der Waals surface area contributed by atoms with Crippen molar-refractivity contribution in [3.8, 4) is 0 Å². The Morgan fingerprint density at radius 3 is 2.61 bits per heavy atom. The van der Waals surface area contributed by atoms with Crippen molar-refractivity contribution in [3.05, 3.63) is 64.4 Å². The number of pyridine rings is 1. The molecule has 0 saturated heterocycles. The number of hydrogen-bond acceptors (Lipinski definition) is 3. The molecular weight excluding hydrogens is 260 g/mol. The van der Waals surface area contributed by atoms with Crippen LogP contribution in [-0.4, -0.2) is 4.98 Å². The Hall–Kier alpha value is -1.56. The minimum atomic E-state index is -0.667. The molecule has 0 radical (unpaired) electrons. The van der Waals surface area contributed by atoms with E-state index in [4.69, 9.17) is 17.4 Å². The second-order valence-electron chi connectivity index (χ2n) is 3.67. The van der Waals surface area contributed by atoms with Crippen LogP contribution < -0.4 is 11.3 Å². The van der Waals surface area contributed by atoms with Crippen molar-refractivity contribution in [1.29, 1.82) is 0 Å². The second-order valence-corrected chi connectivity index (χ2v) is 4.08. The zero-order chi connectivity index (χ0) is 13.1. The monoisotopic (exact) mass is 269 g/mol. The smallest absolute Gasteiger partial charge is 0.146 e. The molecule has 0 aliphatic rings. The Balaban J connectivity index is 2.45. The quantitative estimate of drug-likeness (QED) is 0.665. The predicted octanol–water partition coefficient (Wildman–Crippen LogP) is 2.57. The molecular formula is C12H10ClF2N3. The second kappa shape index (κ2) is 5.39. The van der Waals surface area contributed by atoms with Crippen LogP contribution in [0, 0.1) is 11.6 Å². The number of aromatic nitrogens is 1. The number of nitrogens with two attached hydrogens (primary N) is 1. The summed E-state index contributed by atoms with van der Waals surface area (Å²) in [4.78, 5) is 3.65. The molecule has 1 atom stereocenters. The highest BCUT2D eigenvalue weighted by Crippen LogP contribution is 2.26. The number of nitrogens with zero attached hydrogens (tertiary/aromatic N) is 1. The number of halogens is 3. The molecule has 18 heavy (non-hydrogen) atoms. The summed E-state index contributed by atoms with van der Waals surface area (Å²) in [6.07, 6.45) is 2.51. The third-order valence-electron chi connectivity index (χ3n) is 2.56. The van der Waals surface area contributed by atoms with Gasteiger partial charge in [0.2, 0.25) is 0 Å². The molecule has 0 bridgehead atoms. The maximum absolute atomic E-state index is 13.6. The summed E-state index contributed by atoms with van der Waals surface area (Å²) in [7, 11) is 0. The van der Waals surface area contributed by atoms with Crippen LogP contribution in [0.25, 0.3) is 0 Å². The third-order valence-corrected chi connectivity index (χ3v) is 2.87. The van der Waals surface area contributed by atoms with E-state index < -0.39 is 17.7 Å². The lowest BCUT2D eigenvalue weighted by Crippen LogP contribution is -2.29. The number of rotatable bonds is 3. The number of nitrogens with one attached hydrogen (secondary N) is 1. The van der Waals surface area contributed by atoms with Gasteiger partial charge in [-0.2, -0.15) is 0 Å². The van der Waals surface area contributed by atoms with Crippen LogP contribution >= 0.6 is 11.6 Å². The van der Waals surface area contributed by atoms with E-state index in [0.717, 1.165) is 6.20 Å². The Kier molecular flexibility index (Phi) is 3.86. The van der Waals surface area contributed by atoms with Crippen molar-refractivity contribution in [2.75, 3.05) is 0 Å². The molecule has 0 saturated carbocycles. The fraction of sp³-hybridized carbons (Fsp3) is 0.0833. The summed E-state index contributed by atoms with van der Waals surface area (Å²) in [6, 6.07) is 5.00. The standard InChI is InChI=1S/C12H10ClF2N3/c13-9-2-1-7(5-10(9)14)12(18-16)8-3-4-17-6-11(8)15/h1-6,12,18H,16H2. The Morgan fingerprint density at radius 1 is 1.22 bits per heavy atom. The summed E-state index contributed by atoms with van der Waals surface area (Å²) in [5, 5.41) is 0.00437. The van der Waals surface area contributed by atoms with Gasteiger partial charge in [-0.25, -0.2) is 14.2 Å². The first-order valence-electron chi connectivity index (χ1n) is 5.14. The lowest BCUT2D eigenvalue weighted by molar-refractivity contribution is 0.551. The average molecular weight is 270 g/mol. The van der Waals surface area contributed by atoms with E-state index in [0.29, 0.717) is 5.56 Å². The van der Waals surface area contributed by atoms with E-state index in [9.17, 15) is 8.78 Å². The van der Waals surface area contributed by atoms with E-state index in [1.807, 2.05) is 0 Å². The van der Waals surface area contributed by atoms with Gasteiger partial charge in [-0.15, -0.1) is 0 Å². The topological polar surface area (TPSA) is 50.9 Å². The molecule has 94 valence electrons. The SMILES string of the molecule is NNC(c1ccc(Cl)c(F)c1)c1ccncc1F. The molecule has 0 amide bonds. The van der Waals surface area contributed by atoms with Gasteiger partial charge in [0.1, 0.15) is 11.6 Å². The van der Waals surface area contributed by atoms with Gasteiger partial charge in [0.25, 0.3) is 0 Å². The first-order chi connectivity index (χ1) is 8.63. The molecule has 1 unspecified atom stereocenters. The lowest BCUT2D eigenvalue weighted by Gasteiger charge is -2.17. The number of hydrogen-bond donors (Lipinski definition) is 2. The molecule has 6 heteroatoms. The van der Waals surface area contributed by atoms with E-state index in [2.05, 4.69) is 10.4 Å². The van der Waals surface area contributed by atoms with Crippen molar-refractivity contribution in [1.82, 2.24) is 10.4 Å². The highest BCUT2D eigenvalue weighted by molar-refractivity contribution is 6.30. The van der Waals surface area contributed by atoms with E-state index in [1.54, 1.807) is 6.07 Å². The maximum Gasteiger partial charge on any atom is 0.146 e. The third kappa shape index (κ3) is 2.48. The zero-order valence-corrected chi connectivity index (χ0v) is 9.96. The van der Waals surface area contributed by atoms with E-state index in [1.165, 1.54) is 24.4 Å². The Bertz CT molecular complexity index is 563. The van der Waals surface area contributed by atoms with Gasteiger partial charge in [-0.05, 0) is 23.8 Å². The minimum absolute atomic E-state index is 0.00437. The lowest BCUT2D eigenvalue weighted by atomic mass is 10.00. The summed E-state index contributed by atoms with van der Waals surface area (Å²) in [6.45, 7) is 0. The molecule has 0 fully saturated rings. The predicted molar refractivity (Wildman–Crippen MR) is 64.8 cm³/mol. The molecule has 0 aliphatic carbocycles. The van der Waals surface area contributed by atoms with Crippen molar-refractivity contribution in [2.45, 2.75) is 6.04 Å². The van der Waals surface area contributed by atoms with E-state index in [-0.39, 0.29) is 10.6 Å². The van der Waals surface area contributed by atoms with Gasteiger partial charge >= 0.3 is 0 Å². The van der Waals surface area contributed by atoms with Crippen molar-refractivity contribution >= 4 is 11.6 Å². The first kappa shape index (κ1) is 12.9. The highest BCUT2D eigenvalue weighted by atomic mass is 35.5. The van der Waals surface area contributed by atoms with Crippen molar-refractivity contribution < 1.29 is 8.78 Å². The van der Waals surface area contributed by atoms with Gasteiger partial charge in [-0.1, -0.05) is 17.7 Å². The first-order valence-corrected chi connectivity index (χ1v) is 5.51. The van der Waals surface area contributed by atoms with Crippen LogP contribution in [0.1, 0.15) is 17.2 Å². The van der Waals surface area contributed by atoms with Crippen LogP contribution in [0.4, 0.5) is 8.78 Å². The van der Waals surface area contributed by atoms with Crippen LogP contribution in [-0.2, 0) is 0 Å². The fourth-order valence-electron chi connectivity index (χ4n) is 1.68. The number of hydrazine groups is 1. The van der Waals surface area contributed by atoms with Gasteiger partial charge in [-0.3, -0.25) is 10.8 Å². The molecule has 2 aromatic rings. The van der Waals surface area contributed by atoms with E-state index >= 15 is 0 Å². The Labute approximate surface area is 108 Å². The van der Waals surface area contributed by atoms with Crippen LogP contribution in [0.15, 0.2) is 36.7 Å². The molecule has 1 heterocycles. The minimum Gasteiger partial charge on any atom is -0.271 e. The molecule has 3 N–H and O–H groups in total. The van der Waals surface area contributed by atoms with Crippen molar-refractivity contribution in [2.24, 2.45) is 5.84 Å². The zero-order valence-electron chi connectivity index (χ0n) is 9.20. The summed E-state index contributed by atoms with van der Waals surface area (Å²) in [5.74, 6) is 4.30. The largest absolute Gasteiger partial charge is 0.271 e. The summed E-state index contributed by atoms with van der Waals surface area (Å²) < 4.78 is 27.0. The number of benzene rings is 1. The van der Waals surface area contributed by atoms with Gasteiger partial charge in [0.05, 0.1) is 17.3 Å². The van der Waals surface area contributed by atoms with Crippen molar-refractivity contribution in [3.63, 3.8) is 0 Å². The van der Waals surface area contributed by atoms with Gasteiger partial charge in [0.15, 0.2) is 0 Å².